The molecule has 21 heavy (non-hydrogen) atoms. The van der Waals surface area contributed by atoms with Crippen molar-refractivity contribution in [1.29, 1.82) is 0 Å². The molecule has 5 heteroatoms. The monoisotopic (exact) mass is 353 g/mol. The lowest BCUT2D eigenvalue weighted by Gasteiger charge is -2.19. The molecule has 0 fully saturated rings. The number of halogens is 2. The first-order valence-electron chi connectivity index (χ1n) is 6.44. The molecule has 3 nitrogen and oxygen atoms in total. The standard InChI is InChI=1S/C16H17BrFNO2/c1-19-16(10-4-5-15(18)14(17)8-10)11-6-12(20-2)9-13(7-11)21-3/h4-9,16,19H,1-3H3. The Morgan fingerprint density at radius 1 is 1.00 bits per heavy atom. The van der Waals surface area contributed by atoms with E-state index in [2.05, 4.69) is 21.2 Å². The van der Waals surface area contributed by atoms with Gasteiger partial charge in [0.15, 0.2) is 0 Å². The van der Waals surface area contributed by atoms with Gasteiger partial charge < -0.3 is 14.8 Å². The summed E-state index contributed by atoms with van der Waals surface area (Å²) in [5, 5.41) is 3.23. The molecular weight excluding hydrogens is 337 g/mol. The van der Waals surface area contributed by atoms with Crippen molar-refractivity contribution in [2.24, 2.45) is 0 Å². The van der Waals surface area contributed by atoms with Gasteiger partial charge in [-0.1, -0.05) is 6.07 Å². The topological polar surface area (TPSA) is 30.5 Å². The lowest BCUT2D eigenvalue weighted by atomic mass is 9.98. The fourth-order valence-electron chi connectivity index (χ4n) is 2.21. The minimum atomic E-state index is -0.281. The maximum absolute atomic E-state index is 13.4. The van der Waals surface area contributed by atoms with E-state index in [0.29, 0.717) is 16.0 Å². The Morgan fingerprint density at radius 3 is 2.10 bits per heavy atom. The van der Waals surface area contributed by atoms with Gasteiger partial charge in [0.25, 0.3) is 0 Å². The summed E-state index contributed by atoms with van der Waals surface area (Å²) in [4.78, 5) is 0. The van der Waals surface area contributed by atoms with E-state index < -0.39 is 0 Å². The van der Waals surface area contributed by atoms with E-state index in [0.717, 1.165) is 11.1 Å². The van der Waals surface area contributed by atoms with Crippen molar-refractivity contribution in [1.82, 2.24) is 5.32 Å². The van der Waals surface area contributed by atoms with Gasteiger partial charge in [-0.25, -0.2) is 4.39 Å². The fraction of sp³-hybridized carbons (Fsp3) is 0.250. The molecule has 0 saturated carbocycles. The second kappa shape index (κ2) is 6.91. The number of hydrogen-bond donors (Lipinski definition) is 1. The van der Waals surface area contributed by atoms with Gasteiger partial charge in [0.2, 0.25) is 0 Å². The molecule has 0 aromatic heterocycles. The van der Waals surface area contributed by atoms with Gasteiger partial charge in [-0.05, 0) is 58.4 Å². The first-order valence-corrected chi connectivity index (χ1v) is 7.23. The lowest BCUT2D eigenvalue weighted by molar-refractivity contribution is 0.392. The molecule has 1 unspecified atom stereocenters. The van der Waals surface area contributed by atoms with Crippen molar-refractivity contribution in [3.8, 4) is 11.5 Å². The number of benzene rings is 2. The Bertz CT molecular complexity index is 611. The summed E-state index contributed by atoms with van der Waals surface area (Å²) in [7, 11) is 5.08. The Balaban J connectivity index is 2.47. The predicted molar refractivity (Wildman–Crippen MR) is 84.5 cm³/mol. The quantitative estimate of drug-likeness (QED) is 0.883. The van der Waals surface area contributed by atoms with Crippen LogP contribution in [0.2, 0.25) is 0 Å². The lowest BCUT2D eigenvalue weighted by Crippen LogP contribution is -2.18. The summed E-state index contributed by atoms with van der Waals surface area (Å²) < 4.78 is 24.4. The molecule has 0 aliphatic carbocycles. The smallest absolute Gasteiger partial charge is 0.137 e. The number of hydrogen-bond acceptors (Lipinski definition) is 3. The Kier molecular flexibility index (Phi) is 5.20. The minimum absolute atomic E-state index is 0.0918. The molecule has 0 amide bonds. The molecule has 2 rings (SSSR count). The Labute approximate surface area is 132 Å². The van der Waals surface area contributed by atoms with Gasteiger partial charge in [0.05, 0.1) is 24.7 Å². The van der Waals surface area contributed by atoms with Crippen LogP contribution in [-0.2, 0) is 0 Å². The van der Waals surface area contributed by atoms with E-state index >= 15 is 0 Å². The highest BCUT2D eigenvalue weighted by Gasteiger charge is 2.15. The average Bonchev–Trinajstić information content (AvgIpc) is 2.51. The van der Waals surface area contributed by atoms with Crippen molar-refractivity contribution >= 4 is 15.9 Å². The van der Waals surface area contributed by atoms with Crippen LogP contribution in [-0.4, -0.2) is 21.3 Å². The van der Waals surface area contributed by atoms with Crippen LogP contribution in [0.5, 0.6) is 11.5 Å². The second-order valence-electron chi connectivity index (χ2n) is 4.54. The molecule has 0 spiro atoms. The maximum atomic E-state index is 13.4. The number of methoxy groups -OCH3 is 2. The van der Waals surface area contributed by atoms with Crippen molar-refractivity contribution in [3.05, 3.63) is 57.8 Å². The van der Waals surface area contributed by atoms with Crippen LogP contribution in [0.3, 0.4) is 0 Å². The van der Waals surface area contributed by atoms with Crippen LogP contribution in [0, 0.1) is 5.82 Å². The molecule has 112 valence electrons. The summed E-state index contributed by atoms with van der Waals surface area (Å²) in [6, 6.07) is 10.6. The van der Waals surface area contributed by atoms with Crippen molar-refractivity contribution < 1.29 is 13.9 Å². The fourth-order valence-corrected chi connectivity index (χ4v) is 2.61. The summed E-state index contributed by atoms with van der Waals surface area (Å²) in [5.41, 5.74) is 1.92. The molecule has 0 saturated heterocycles. The summed E-state index contributed by atoms with van der Waals surface area (Å²) >= 11 is 3.22. The summed E-state index contributed by atoms with van der Waals surface area (Å²) in [6.45, 7) is 0. The summed E-state index contributed by atoms with van der Waals surface area (Å²) in [5.74, 6) is 1.15. The van der Waals surface area contributed by atoms with Gasteiger partial charge in [-0.2, -0.15) is 0 Å². The first-order chi connectivity index (χ1) is 10.1. The van der Waals surface area contributed by atoms with E-state index in [4.69, 9.17) is 9.47 Å². The molecule has 0 radical (unpaired) electrons. The molecule has 0 aliphatic rings. The zero-order valence-electron chi connectivity index (χ0n) is 12.1. The molecule has 0 bridgehead atoms. The second-order valence-corrected chi connectivity index (χ2v) is 5.40. The number of rotatable bonds is 5. The van der Waals surface area contributed by atoms with Crippen LogP contribution < -0.4 is 14.8 Å². The van der Waals surface area contributed by atoms with E-state index in [1.165, 1.54) is 6.07 Å². The van der Waals surface area contributed by atoms with Gasteiger partial charge >= 0.3 is 0 Å². The van der Waals surface area contributed by atoms with Gasteiger partial charge in [-0.3, -0.25) is 0 Å². The first kappa shape index (κ1) is 15.8. The molecular formula is C16H17BrFNO2. The van der Waals surface area contributed by atoms with E-state index in [1.54, 1.807) is 26.4 Å². The summed E-state index contributed by atoms with van der Waals surface area (Å²) in [6.07, 6.45) is 0. The van der Waals surface area contributed by atoms with Gasteiger partial charge in [0, 0.05) is 6.07 Å². The van der Waals surface area contributed by atoms with Crippen LogP contribution in [0.4, 0.5) is 4.39 Å². The minimum Gasteiger partial charge on any atom is -0.497 e. The SMILES string of the molecule is CNC(c1cc(OC)cc(OC)c1)c1ccc(F)c(Br)c1. The van der Waals surface area contributed by atoms with Crippen molar-refractivity contribution in [2.45, 2.75) is 6.04 Å². The van der Waals surface area contributed by atoms with Crippen molar-refractivity contribution in [2.75, 3.05) is 21.3 Å². The Morgan fingerprint density at radius 2 is 1.62 bits per heavy atom. The number of ether oxygens (including phenoxy) is 2. The predicted octanol–water partition coefficient (Wildman–Crippen LogP) is 3.91. The van der Waals surface area contributed by atoms with Crippen LogP contribution >= 0.6 is 15.9 Å². The Hall–Kier alpha value is -1.59. The molecule has 0 heterocycles. The highest BCUT2D eigenvalue weighted by Crippen LogP contribution is 2.31. The normalized spacial score (nSPS) is 12.0. The van der Waals surface area contributed by atoms with E-state index in [9.17, 15) is 4.39 Å². The van der Waals surface area contributed by atoms with Crippen molar-refractivity contribution in [3.63, 3.8) is 0 Å². The highest BCUT2D eigenvalue weighted by molar-refractivity contribution is 9.10. The third-order valence-electron chi connectivity index (χ3n) is 3.27. The molecule has 1 N–H and O–H groups in total. The van der Waals surface area contributed by atoms with Crippen LogP contribution in [0.15, 0.2) is 40.9 Å². The van der Waals surface area contributed by atoms with E-state index in [1.807, 2.05) is 25.2 Å². The maximum Gasteiger partial charge on any atom is 0.137 e. The third-order valence-corrected chi connectivity index (χ3v) is 3.88. The largest absolute Gasteiger partial charge is 0.497 e. The van der Waals surface area contributed by atoms with E-state index in [-0.39, 0.29) is 11.9 Å². The zero-order valence-corrected chi connectivity index (χ0v) is 13.7. The number of nitrogens with one attached hydrogen (secondary N) is 1. The zero-order chi connectivity index (χ0) is 15.4. The van der Waals surface area contributed by atoms with Gasteiger partial charge in [-0.15, -0.1) is 0 Å². The van der Waals surface area contributed by atoms with Crippen LogP contribution in [0.1, 0.15) is 17.2 Å². The third kappa shape index (κ3) is 3.54. The van der Waals surface area contributed by atoms with Crippen LogP contribution in [0.25, 0.3) is 0 Å². The van der Waals surface area contributed by atoms with Gasteiger partial charge in [0.1, 0.15) is 17.3 Å². The molecule has 2 aromatic carbocycles. The molecule has 0 aliphatic heterocycles. The molecule has 1 atom stereocenters. The highest BCUT2D eigenvalue weighted by atomic mass is 79.9. The average molecular weight is 354 g/mol. The molecule has 2 aromatic rings.